The predicted molar refractivity (Wildman–Crippen MR) is 72.2 cm³/mol. The molecule has 0 fully saturated rings. The second kappa shape index (κ2) is 7.26. The third-order valence-corrected chi connectivity index (χ3v) is 4.18. The van der Waals surface area contributed by atoms with Crippen LogP contribution in [0.3, 0.4) is 0 Å². The Morgan fingerprint density at radius 3 is 2.50 bits per heavy atom. The molecule has 0 radical (unpaired) electrons. The van der Waals surface area contributed by atoms with E-state index in [4.69, 9.17) is 10.00 Å². The third kappa shape index (κ3) is 4.56. The smallest absolute Gasteiger partial charge is 0.489 e. The van der Waals surface area contributed by atoms with Crippen LogP contribution in [0.15, 0.2) is 12.1 Å². The summed E-state index contributed by atoms with van der Waals surface area (Å²) in [6.07, 6.45) is 0. The SMILES string of the molecule is N#Cc1cc(F)c(OCCNS(=O)(=O)C(F)(F)F)cc1CBr. The van der Waals surface area contributed by atoms with Gasteiger partial charge in [-0.15, -0.1) is 0 Å². The number of hydrogen-bond acceptors (Lipinski definition) is 4. The molecule has 122 valence electrons. The van der Waals surface area contributed by atoms with Crippen molar-refractivity contribution in [3.05, 3.63) is 29.1 Å². The van der Waals surface area contributed by atoms with E-state index in [1.54, 1.807) is 6.07 Å². The van der Waals surface area contributed by atoms with E-state index in [1.807, 2.05) is 0 Å². The zero-order valence-electron chi connectivity index (χ0n) is 10.7. The number of nitriles is 1. The molecule has 1 rings (SSSR count). The molecule has 0 spiro atoms. The molecule has 0 unspecified atom stereocenters. The van der Waals surface area contributed by atoms with Crippen LogP contribution in [0.2, 0.25) is 0 Å². The highest BCUT2D eigenvalue weighted by atomic mass is 79.9. The second-order valence-electron chi connectivity index (χ2n) is 3.88. The fraction of sp³-hybridized carbons (Fsp3) is 0.364. The zero-order valence-corrected chi connectivity index (χ0v) is 13.1. The highest BCUT2D eigenvalue weighted by Crippen LogP contribution is 2.24. The van der Waals surface area contributed by atoms with E-state index in [2.05, 4.69) is 15.9 Å². The Hall–Kier alpha value is -1.38. The van der Waals surface area contributed by atoms with Crippen LogP contribution in [0.25, 0.3) is 0 Å². The Labute approximate surface area is 132 Å². The maximum Gasteiger partial charge on any atom is 0.511 e. The van der Waals surface area contributed by atoms with Gasteiger partial charge in [0.2, 0.25) is 0 Å². The van der Waals surface area contributed by atoms with Gasteiger partial charge in [-0.25, -0.2) is 17.5 Å². The summed E-state index contributed by atoms with van der Waals surface area (Å²) >= 11 is 3.09. The van der Waals surface area contributed by atoms with Crippen molar-refractivity contribution in [2.24, 2.45) is 0 Å². The van der Waals surface area contributed by atoms with Crippen LogP contribution in [-0.2, 0) is 15.4 Å². The third-order valence-electron chi connectivity index (χ3n) is 2.38. The average Bonchev–Trinajstić information content (AvgIpc) is 2.43. The van der Waals surface area contributed by atoms with E-state index in [1.165, 1.54) is 10.8 Å². The minimum absolute atomic E-state index is 0.0829. The van der Waals surface area contributed by atoms with Gasteiger partial charge in [-0.1, -0.05) is 15.9 Å². The van der Waals surface area contributed by atoms with Crippen molar-refractivity contribution >= 4 is 26.0 Å². The molecule has 0 aliphatic heterocycles. The molecule has 0 saturated heterocycles. The number of nitrogens with zero attached hydrogens (tertiary/aromatic N) is 1. The van der Waals surface area contributed by atoms with E-state index >= 15 is 0 Å². The van der Waals surface area contributed by atoms with Gasteiger partial charge < -0.3 is 4.74 Å². The molecule has 0 aromatic heterocycles. The van der Waals surface area contributed by atoms with Crippen molar-refractivity contribution < 1.29 is 30.7 Å². The van der Waals surface area contributed by atoms with Crippen molar-refractivity contribution in [2.45, 2.75) is 10.8 Å². The molecule has 0 aliphatic rings. The van der Waals surface area contributed by atoms with Crippen LogP contribution in [0.4, 0.5) is 17.6 Å². The monoisotopic (exact) mass is 404 g/mol. The predicted octanol–water partition coefficient (Wildman–Crippen LogP) is 2.41. The normalized spacial score (nSPS) is 12.0. The Morgan fingerprint density at radius 2 is 2.00 bits per heavy atom. The second-order valence-corrected chi connectivity index (χ2v) is 6.20. The summed E-state index contributed by atoms with van der Waals surface area (Å²) in [5, 5.41) is 9.03. The van der Waals surface area contributed by atoms with Crippen molar-refractivity contribution in [1.29, 1.82) is 5.26 Å². The van der Waals surface area contributed by atoms with Gasteiger partial charge in [0, 0.05) is 11.9 Å². The van der Waals surface area contributed by atoms with Crippen LogP contribution >= 0.6 is 15.9 Å². The van der Waals surface area contributed by atoms with Gasteiger partial charge in [0.05, 0.1) is 11.6 Å². The van der Waals surface area contributed by atoms with Gasteiger partial charge in [0.15, 0.2) is 11.6 Å². The molecular weight excluding hydrogens is 396 g/mol. The Balaban J connectivity index is 2.69. The van der Waals surface area contributed by atoms with E-state index in [0.717, 1.165) is 6.07 Å². The molecule has 0 aliphatic carbocycles. The molecule has 0 atom stereocenters. The topological polar surface area (TPSA) is 79.2 Å². The molecule has 0 bridgehead atoms. The fourth-order valence-corrected chi connectivity index (χ4v) is 2.32. The van der Waals surface area contributed by atoms with Crippen LogP contribution < -0.4 is 9.46 Å². The lowest BCUT2D eigenvalue weighted by Gasteiger charge is -2.11. The van der Waals surface area contributed by atoms with Crippen LogP contribution in [0.5, 0.6) is 5.75 Å². The number of sulfonamides is 1. The average molecular weight is 405 g/mol. The highest BCUT2D eigenvalue weighted by Gasteiger charge is 2.45. The Bertz CT molecular complexity index is 686. The summed E-state index contributed by atoms with van der Waals surface area (Å²) in [7, 11) is -5.46. The summed E-state index contributed by atoms with van der Waals surface area (Å²) in [6, 6.07) is 3.91. The summed E-state index contributed by atoms with van der Waals surface area (Å²) in [5.41, 5.74) is -4.91. The van der Waals surface area contributed by atoms with E-state index < -0.39 is 34.5 Å². The van der Waals surface area contributed by atoms with Gasteiger partial charge in [0.25, 0.3) is 0 Å². The summed E-state index contributed by atoms with van der Waals surface area (Å²) in [4.78, 5) is 0. The number of ether oxygens (including phenoxy) is 1. The van der Waals surface area contributed by atoms with Crippen molar-refractivity contribution in [3.8, 4) is 11.8 Å². The molecule has 0 heterocycles. The number of rotatable bonds is 6. The first kappa shape index (κ1) is 18.7. The van der Waals surface area contributed by atoms with Gasteiger partial charge in [-0.05, 0) is 17.7 Å². The maximum atomic E-state index is 13.6. The Morgan fingerprint density at radius 1 is 1.36 bits per heavy atom. The van der Waals surface area contributed by atoms with Gasteiger partial charge in [-0.3, -0.25) is 0 Å². The van der Waals surface area contributed by atoms with Crippen molar-refractivity contribution in [2.75, 3.05) is 13.2 Å². The van der Waals surface area contributed by atoms with E-state index in [9.17, 15) is 26.0 Å². The van der Waals surface area contributed by atoms with Gasteiger partial charge in [-0.2, -0.15) is 18.4 Å². The molecule has 1 aromatic carbocycles. The first-order valence-electron chi connectivity index (χ1n) is 5.59. The summed E-state index contributed by atoms with van der Waals surface area (Å²) in [5.74, 6) is -1.17. The van der Waals surface area contributed by atoms with Crippen molar-refractivity contribution in [3.63, 3.8) is 0 Å². The van der Waals surface area contributed by atoms with Crippen LogP contribution in [0.1, 0.15) is 11.1 Å². The number of hydrogen-bond donors (Lipinski definition) is 1. The molecule has 1 N–H and O–H groups in total. The zero-order chi connectivity index (χ0) is 17.0. The van der Waals surface area contributed by atoms with Crippen molar-refractivity contribution in [1.82, 2.24) is 4.72 Å². The largest absolute Gasteiger partial charge is 0.511 e. The molecule has 0 saturated carbocycles. The summed E-state index contributed by atoms with van der Waals surface area (Å²) in [6.45, 7) is -1.20. The molecule has 11 heteroatoms. The Kier molecular flexibility index (Phi) is 6.16. The standard InChI is InChI=1S/C11H9BrF4N2O3S/c12-5-7-4-10(9(13)3-8(7)6-17)21-2-1-18-22(19,20)11(14,15)16/h3-4,18H,1-2,5H2. The van der Waals surface area contributed by atoms with Gasteiger partial charge >= 0.3 is 15.5 Å². The maximum absolute atomic E-state index is 13.6. The number of halogens is 5. The number of benzene rings is 1. The molecule has 22 heavy (non-hydrogen) atoms. The van der Waals surface area contributed by atoms with Crippen LogP contribution in [-0.4, -0.2) is 27.1 Å². The highest BCUT2D eigenvalue weighted by molar-refractivity contribution is 9.08. The summed E-state index contributed by atoms with van der Waals surface area (Å²) < 4.78 is 77.3. The lowest BCUT2D eigenvalue weighted by atomic mass is 10.1. The number of alkyl halides is 4. The van der Waals surface area contributed by atoms with E-state index in [-0.39, 0.29) is 16.6 Å². The number of nitrogens with one attached hydrogen (secondary N) is 1. The minimum Gasteiger partial charge on any atom is -0.489 e. The molecule has 0 amide bonds. The molecular formula is C11H9BrF4N2O3S. The van der Waals surface area contributed by atoms with Crippen LogP contribution in [0, 0.1) is 17.1 Å². The van der Waals surface area contributed by atoms with Gasteiger partial charge in [0.1, 0.15) is 6.61 Å². The minimum atomic E-state index is -5.46. The fourth-order valence-electron chi connectivity index (χ4n) is 1.34. The lowest BCUT2D eigenvalue weighted by Crippen LogP contribution is -2.38. The molecule has 5 nitrogen and oxygen atoms in total. The quantitative estimate of drug-likeness (QED) is 0.448. The van der Waals surface area contributed by atoms with E-state index in [0.29, 0.717) is 5.56 Å². The lowest BCUT2D eigenvalue weighted by molar-refractivity contribution is -0.0448. The molecule has 1 aromatic rings. The first-order chi connectivity index (χ1) is 10.1. The first-order valence-corrected chi connectivity index (χ1v) is 8.20.